The van der Waals surface area contributed by atoms with E-state index in [4.69, 9.17) is 24.8 Å². The van der Waals surface area contributed by atoms with Crippen LogP contribution in [-0.2, 0) is 37.5 Å². The Morgan fingerprint density at radius 1 is 0.900 bits per heavy atom. The third-order valence-electron chi connectivity index (χ3n) is 3.86. The summed E-state index contributed by atoms with van der Waals surface area (Å²) >= 11 is 0. The molecule has 0 amide bonds. The van der Waals surface area contributed by atoms with Gasteiger partial charge in [0.2, 0.25) is 0 Å². The number of hydrogen-bond acceptors (Lipinski definition) is 9. The summed E-state index contributed by atoms with van der Waals surface area (Å²) in [6, 6.07) is -1.51. The van der Waals surface area contributed by atoms with E-state index < -0.39 is 51.1 Å². The number of aliphatic carboxylic acids is 1. The van der Waals surface area contributed by atoms with E-state index >= 15 is 0 Å². The fraction of sp³-hybridized carbons (Fsp3) is 0.833. The minimum Gasteiger partial charge on any atom is -0.480 e. The van der Waals surface area contributed by atoms with Crippen LogP contribution in [-0.4, -0.2) is 59.9 Å². The van der Waals surface area contributed by atoms with Crippen LogP contribution in [0.15, 0.2) is 0 Å². The van der Waals surface area contributed by atoms with E-state index in [2.05, 4.69) is 4.52 Å². The summed E-state index contributed by atoms with van der Waals surface area (Å²) in [7, 11) is -4.65. The normalized spacial score (nSPS) is 15.1. The van der Waals surface area contributed by atoms with E-state index in [0.29, 0.717) is 12.8 Å². The number of unbranched alkanes of at least 4 members (excludes halogenated alkanes) is 4. The quantitative estimate of drug-likeness (QED) is 0.157. The van der Waals surface area contributed by atoms with Gasteiger partial charge in [0.05, 0.1) is 13.2 Å². The second-order valence-electron chi connectivity index (χ2n) is 6.71. The monoisotopic (exact) mass is 455 g/mol. The number of esters is 2. The number of ether oxygens (including phenoxy) is 2. The second kappa shape index (κ2) is 16.2. The first kappa shape index (κ1) is 28.5. The fourth-order valence-corrected chi connectivity index (χ4v) is 2.90. The van der Waals surface area contributed by atoms with E-state index in [9.17, 15) is 23.8 Å². The highest BCUT2D eigenvalue weighted by Crippen LogP contribution is 2.43. The Hall–Kier alpha value is -1.52. The molecule has 0 heterocycles. The van der Waals surface area contributed by atoms with Crippen molar-refractivity contribution in [2.45, 2.75) is 77.4 Å². The second-order valence-corrected chi connectivity index (χ2v) is 8.17. The van der Waals surface area contributed by atoms with Gasteiger partial charge in [-0.3, -0.25) is 23.4 Å². The van der Waals surface area contributed by atoms with Crippen LogP contribution in [0, 0.1) is 0 Å². The van der Waals surface area contributed by atoms with E-state index in [0.717, 1.165) is 25.7 Å². The molecule has 0 aliphatic rings. The summed E-state index contributed by atoms with van der Waals surface area (Å²) in [5.41, 5.74) is 5.20. The summed E-state index contributed by atoms with van der Waals surface area (Å²) in [5.74, 6) is -2.45. The lowest BCUT2D eigenvalue weighted by Gasteiger charge is -2.20. The Morgan fingerprint density at radius 3 is 1.97 bits per heavy atom. The SMILES string of the molecule is CCCCCC(=O)OC[C@@H](COP(=O)(O)OC[C@H](N)C(=O)O)OC(=O)CCCCC. The highest BCUT2D eigenvalue weighted by molar-refractivity contribution is 7.47. The molecular weight excluding hydrogens is 421 g/mol. The highest BCUT2D eigenvalue weighted by Gasteiger charge is 2.28. The van der Waals surface area contributed by atoms with Gasteiger partial charge < -0.3 is 25.2 Å². The number of carbonyl (C=O) groups is 3. The minimum absolute atomic E-state index is 0.148. The Kier molecular flexibility index (Phi) is 15.4. The lowest BCUT2D eigenvalue weighted by Crippen LogP contribution is -2.34. The van der Waals surface area contributed by atoms with E-state index in [1.807, 2.05) is 13.8 Å². The van der Waals surface area contributed by atoms with Crippen LogP contribution in [0.3, 0.4) is 0 Å². The van der Waals surface area contributed by atoms with Gasteiger partial charge in [-0.15, -0.1) is 0 Å². The summed E-state index contributed by atoms with van der Waals surface area (Å²) < 4.78 is 31.4. The van der Waals surface area contributed by atoms with Crippen molar-refractivity contribution in [3.8, 4) is 0 Å². The summed E-state index contributed by atoms with van der Waals surface area (Å²) in [5, 5.41) is 8.66. The van der Waals surface area contributed by atoms with E-state index in [1.165, 1.54) is 0 Å². The molecular formula is C18H34NO10P. The van der Waals surface area contributed by atoms with Gasteiger partial charge in [0.15, 0.2) is 6.10 Å². The molecule has 0 aromatic heterocycles. The maximum absolute atomic E-state index is 11.9. The average molecular weight is 455 g/mol. The average Bonchev–Trinajstić information content (AvgIpc) is 2.68. The molecule has 0 fully saturated rings. The molecule has 0 aliphatic heterocycles. The molecule has 0 bridgehead atoms. The lowest BCUT2D eigenvalue weighted by molar-refractivity contribution is -0.161. The Balaban J connectivity index is 4.68. The number of phosphoric acid groups is 1. The van der Waals surface area contributed by atoms with Crippen LogP contribution in [0.1, 0.15) is 65.2 Å². The van der Waals surface area contributed by atoms with Crippen LogP contribution in [0.2, 0.25) is 0 Å². The molecule has 0 rings (SSSR count). The lowest BCUT2D eigenvalue weighted by atomic mass is 10.2. The van der Waals surface area contributed by atoms with Crippen molar-refractivity contribution in [1.29, 1.82) is 0 Å². The maximum atomic E-state index is 11.9. The van der Waals surface area contributed by atoms with Gasteiger partial charge in [-0.05, 0) is 12.8 Å². The van der Waals surface area contributed by atoms with Crippen LogP contribution in [0.25, 0.3) is 0 Å². The van der Waals surface area contributed by atoms with Gasteiger partial charge in [0.1, 0.15) is 12.6 Å². The number of carboxylic acid groups (broad SMARTS) is 1. The summed E-state index contributed by atoms with van der Waals surface area (Å²) in [6.45, 7) is 2.29. The van der Waals surface area contributed by atoms with Gasteiger partial charge in [-0.2, -0.15) is 0 Å². The molecule has 0 saturated heterocycles. The zero-order chi connectivity index (χ0) is 23.0. The molecule has 0 saturated carbocycles. The zero-order valence-electron chi connectivity index (χ0n) is 17.6. The van der Waals surface area contributed by atoms with E-state index in [1.54, 1.807) is 0 Å². The summed E-state index contributed by atoms with van der Waals surface area (Å²) in [6.07, 6.45) is 4.09. The number of rotatable bonds is 18. The predicted molar refractivity (Wildman–Crippen MR) is 106 cm³/mol. The van der Waals surface area contributed by atoms with Crippen molar-refractivity contribution >= 4 is 25.7 Å². The van der Waals surface area contributed by atoms with Crippen LogP contribution < -0.4 is 5.73 Å². The molecule has 1 unspecified atom stereocenters. The van der Waals surface area contributed by atoms with Gasteiger partial charge in [0.25, 0.3) is 0 Å². The largest absolute Gasteiger partial charge is 0.480 e. The fourth-order valence-electron chi connectivity index (χ4n) is 2.12. The first-order chi connectivity index (χ1) is 14.1. The molecule has 0 aromatic rings. The van der Waals surface area contributed by atoms with Crippen molar-refractivity contribution < 1.29 is 47.5 Å². The minimum atomic E-state index is -4.65. The third kappa shape index (κ3) is 15.3. The van der Waals surface area contributed by atoms with Crippen LogP contribution in [0.4, 0.5) is 0 Å². The van der Waals surface area contributed by atoms with E-state index in [-0.39, 0.29) is 19.4 Å². The molecule has 11 nitrogen and oxygen atoms in total. The van der Waals surface area contributed by atoms with Crippen molar-refractivity contribution in [2.24, 2.45) is 5.73 Å². The van der Waals surface area contributed by atoms with Crippen molar-refractivity contribution in [2.75, 3.05) is 19.8 Å². The topological polar surface area (TPSA) is 172 Å². The van der Waals surface area contributed by atoms with Gasteiger partial charge >= 0.3 is 25.7 Å². The number of carboxylic acids is 1. The molecule has 3 atom stereocenters. The van der Waals surface area contributed by atoms with Crippen LogP contribution >= 0.6 is 7.82 Å². The molecule has 0 spiro atoms. The number of phosphoric ester groups is 1. The van der Waals surface area contributed by atoms with Gasteiger partial charge in [-0.1, -0.05) is 39.5 Å². The third-order valence-corrected chi connectivity index (χ3v) is 4.81. The smallest absolute Gasteiger partial charge is 0.472 e. The zero-order valence-corrected chi connectivity index (χ0v) is 18.5. The molecule has 0 aromatic carbocycles. The summed E-state index contributed by atoms with van der Waals surface area (Å²) in [4.78, 5) is 44.0. The highest BCUT2D eigenvalue weighted by atomic mass is 31.2. The Morgan fingerprint density at radius 2 is 1.43 bits per heavy atom. The number of nitrogens with two attached hydrogens (primary N) is 1. The number of carbonyl (C=O) groups excluding carboxylic acids is 2. The van der Waals surface area contributed by atoms with Crippen molar-refractivity contribution in [3.05, 3.63) is 0 Å². The van der Waals surface area contributed by atoms with Crippen LogP contribution in [0.5, 0.6) is 0 Å². The molecule has 176 valence electrons. The molecule has 12 heteroatoms. The predicted octanol–water partition coefficient (Wildman–Crippen LogP) is 2.15. The van der Waals surface area contributed by atoms with Gasteiger partial charge in [0, 0.05) is 12.8 Å². The molecule has 30 heavy (non-hydrogen) atoms. The van der Waals surface area contributed by atoms with Crippen molar-refractivity contribution in [1.82, 2.24) is 0 Å². The van der Waals surface area contributed by atoms with Gasteiger partial charge in [-0.25, -0.2) is 4.57 Å². The Labute approximate surface area is 176 Å². The molecule has 4 N–H and O–H groups in total. The molecule has 0 aliphatic carbocycles. The first-order valence-electron chi connectivity index (χ1n) is 10.1. The first-order valence-corrected chi connectivity index (χ1v) is 11.6. The molecule has 0 radical (unpaired) electrons. The Bertz CT molecular complexity index is 571. The standard InChI is InChI=1S/C18H34NO10P/c1-3-5-7-9-16(20)26-11-14(29-17(21)10-8-6-4-2)12-27-30(24,25)28-13-15(19)18(22)23/h14-15H,3-13,19H2,1-2H3,(H,22,23)(H,24,25)/t14-,15-/m0/s1. The van der Waals surface area contributed by atoms with Crippen molar-refractivity contribution in [3.63, 3.8) is 0 Å². The number of hydrogen-bond donors (Lipinski definition) is 3. The maximum Gasteiger partial charge on any atom is 0.472 e.